The van der Waals surface area contributed by atoms with Gasteiger partial charge in [-0.15, -0.1) is 0 Å². The number of hydrogen-bond donors (Lipinski definition) is 1. The molecule has 1 aliphatic rings. The van der Waals surface area contributed by atoms with E-state index in [-0.39, 0.29) is 0 Å². The second kappa shape index (κ2) is 5.89. The van der Waals surface area contributed by atoms with Crippen LogP contribution in [0.2, 0.25) is 0 Å². The Morgan fingerprint density at radius 3 is 2.56 bits per heavy atom. The SMILES string of the molecule is CNCC1CCN(C(C)c2cc(C)oc2C)CC1. The molecule has 1 aromatic heterocycles. The highest BCUT2D eigenvalue weighted by molar-refractivity contribution is 5.23. The quantitative estimate of drug-likeness (QED) is 0.890. The molecule has 0 amide bonds. The Morgan fingerprint density at radius 2 is 2.06 bits per heavy atom. The van der Waals surface area contributed by atoms with Crippen LogP contribution in [-0.2, 0) is 0 Å². The standard InChI is InChI=1S/C15H26N2O/c1-11-9-15(13(3)18-11)12(2)17-7-5-14(6-8-17)10-16-4/h9,12,14,16H,5-8,10H2,1-4H3. The molecule has 0 aromatic carbocycles. The molecule has 1 atom stereocenters. The molecule has 2 heterocycles. The Balaban J connectivity index is 1.95. The largest absolute Gasteiger partial charge is 0.466 e. The maximum atomic E-state index is 5.65. The summed E-state index contributed by atoms with van der Waals surface area (Å²) >= 11 is 0. The van der Waals surface area contributed by atoms with Crippen LogP contribution >= 0.6 is 0 Å². The van der Waals surface area contributed by atoms with Gasteiger partial charge in [0.25, 0.3) is 0 Å². The topological polar surface area (TPSA) is 28.4 Å². The van der Waals surface area contributed by atoms with Gasteiger partial charge < -0.3 is 9.73 Å². The molecule has 1 aliphatic heterocycles. The molecular weight excluding hydrogens is 224 g/mol. The lowest BCUT2D eigenvalue weighted by molar-refractivity contribution is 0.140. The van der Waals surface area contributed by atoms with Gasteiger partial charge in [0.2, 0.25) is 0 Å². The number of piperidine rings is 1. The van der Waals surface area contributed by atoms with Crippen molar-refractivity contribution in [1.82, 2.24) is 10.2 Å². The number of likely N-dealkylation sites (tertiary alicyclic amines) is 1. The molecule has 0 saturated carbocycles. The van der Waals surface area contributed by atoms with Crippen molar-refractivity contribution in [3.63, 3.8) is 0 Å². The van der Waals surface area contributed by atoms with E-state index in [0.29, 0.717) is 6.04 Å². The summed E-state index contributed by atoms with van der Waals surface area (Å²) in [6.07, 6.45) is 2.61. The van der Waals surface area contributed by atoms with E-state index in [1.165, 1.54) is 31.5 Å². The van der Waals surface area contributed by atoms with Gasteiger partial charge >= 0.3 is 0 Å². The molecule has 0 spiro atoms. The van der Waals surface area contributed by atoms with Gasteiger partial charge in [-0.3, -0.25) is 4.90 Å². The summed E-state index contributed by atoms with van der Waals surface area (Å²) in [6.45, 7) is 9.98. The second-order valence-corrected chi connectivity index (χ2v) is 5.58. The zero-order chi connectivity index (χ0) is 13.1. The molecule has 0 radical (unpaired) electrons. The number of aryl methyl sites for hydroxylation is 2. The van der Waals surface area contributed by atoms with E-state index >= 15 is 0 Å². The van der Waals surface area contributed by atoms with Gasteiger partial charge in [-0.05, 0) is 72.3 Å². The monoisotopic (exact) mass is 250 g/mol. The van der Waals surface area contributed by atoms with Crippen molar-refractivity contribution < 1.29 is 4.42 Å². The molecule has 18 heavy (non-hydrogen) atoms. The molecule has 3 heteroatoms. The predicted molar refractivity (Wildman–Crippen MR) is 74.8 cm³/mol. The third-order valence-corrected chi connectivity index (χ3v) is 4.22. The normalized spacial score (nSPS) is 20.2. The Hall–Kier alpha value is -0.800. The van der Waals surface area contributed by atoms with Crippen molar-refractivity contribution in [3.05, 3.63) is 23.2 Å². The lowest BCUT2D eigenvalue weighted by Crippen LogP contribution is -2.38. The third-order valence-electron chi connectivity index (χ3n) is 4.22. The number of rotatable bonds is 4. The Bertz CT molecular complexity index is 378. The van der Waals surface area contributed by atoms with E-state index in [2.05, 4.69) is 30.1 Å². The van der Waals surface area contributed by atoms with E-state index in [9.17, 15) is 0 Å². The summed E-state index contributed by atoms with van der Waals surface area (Å²) in [6, 6.07) is 2.68. The molecule has 0 bridgehead atoms. The summed E-state index contributed by atoms with van der Waals surface area (Å²) < 4.78 is 5.65. The molecular formula is C15H26N2O. The van der Waals surface area contributed by atoms with Crippen LogP contribution in [0.3, 0.4) is 0 Å². The summed E-state index contributed by atoms with van der Waals surface area (Å²) in [5, 5.41) is 3.29. The molecule has 1 fully saturated rings. The molecule has 2 rings (SSSR count). The van der Waals surface area contributed by atoms with Gasteiger partial charge in [0.05, 0.1) is 0 Å². The Morgan fingerprint density at radius 1 is 1.39 bits per heavy atom. The van der Waals surface area contributed by atoms with Crippen LogP contribution in [0.4, 0.5) is 0 Å². The first-order chi connectivity index (χ1) is 8.61. The Kier molecular flexibility index (Phi) is 4.46. The minimum atomic E-state index is 0.484. The first kappa shape index (κ1) is 13.6. The fourth-order valence-corrected chi connectivity index (χ4v) is 3.09. The molecule has 0 aliphatic carbocycles. The number of hydrogen-bond acceptors (Lipinski definition) is 3. The van der Waals surface area contributed by atoms with Crippen LogP contribution in [0, 0.1) is 19.8 Å². The van der Waals surface area contributed by atoms with E-state index in [1.54, 1.807) is 0 Å². The fourth-order valence-electron chi connectivity index (χ4n) is 3.09. The Labute approximate surface area is 111 Å². The highest BCUT2D eigenvalue weighted by Crippen LogP contribution is 2.29. The van der Waals surface area contributed by atoms with Crippen LogP contribution in [0.5, 0.6) is 0 Å². The highest BCUT2D eigenvalue weighted by atomic mass is 16.3. The maximum absolute atomic E-state index is 5.65. The zero-order valence-corrected chi connectivity index (χ0v) is 12.1. The molecule has 3 nitrogen and oxygen atoms in total. The third kappa shape index (κ3) is 2.96. The average Bonchev–Trinajstić information content (AvgIpc) is 2.69. The van der Waals surface area contributed by atoms with Gasteiger partial charge in [0, 0.05) is 11.6 Å². The van der Waals surface area contributed by atoms with E-state index in [1.807, 2.05) is 14.0 Å². The summed E-state index contributed by atoms with van der Waals surface area (Å²) in [7, 11) is 2.05. The minimum Gasteiger partial charge on any atom is -0.466 e. The first-order valence-corrected chi connectivity index (χ1v) is 7.07. The summed E-state index contributed by atoms with van der Waals surface area (Å²) in [5.74, 6) is 2.96. The maximum Gasteiger partial charge on any atom is 0.105 e. The second-order valence-electron chi connectivity index (χ2n) is 5.58. The van der Waals surface area contributed by atoms with Crippen LogP contribution in [0.25, 0.3) is 0 Å². The van der Waals surface area contributed by atoms with Crippen molar-refractivity contribution in [2.75, 3.05) is 26.7 Å². The van der Waals surface area contributed by atoms with Gasteiger partial charge in [0.15, 0.2) is 0 Å². The van der Waals surface area contributed by atoms with Crippen LogP contribution < -0.4 is 5.32 Å². The average molecular weight is 250 g/mol. The van der Waals surface area contributed by atoms with Crippen LogP contribution in [0.1, 0.15) is 42.9 Å². The lowest BCUT2D eigenvalue weighted by Gasteiger charge is -2.36. The highest BCUT2D eigenvalue weighted by Gasteiger charge is 2.25. The van der Waals surface area contributed by atoms with Crippen molar-refractivity contribution in [2.24, 2.45) is 5.92 Å². The predicted octanol–water partition coefficient (Wildman–Crippen LogP) is 2.89. The summed E-state index contributed by atoms with van der Waals surface area (Å²) in [4.78, 5) is 2.59. The van der Waals surface area contributed by atoms with Gasteiger partial charge in [0.1, 0.15) is 11.5 Å². The van der Waals surface area contributed by atoms with Gasteiger partial charge in [-0.2, -0.15) is 0 Å². The van der Waals surface area contributed by atoms with Crippen LogP contribution in [0.15, 0.2) is 10.5 Å². The van der Waals surface area contributed by atoms with Crippen LogP contribution in [-0.4, -0.2) is 31.6 Å². The molecule has 1 unspecified atom stereocenters. The van der Waals surface area contributed by atoms with E-state index in [4.69, 9.17) is 4.42 Å². The summed E-state index contributed by atoms with van der Waals surface area (Å²) in [5.41, 5.74) is 1.36. The van der Waals surface area contributed by atoms with Crippen molar-refractivity contribution in [1.29, 1.82) is 0 Å². The smallest absolute Gasteiger partial charge is 0.105 e. The van der Waals surface area contributed by atoms with E-state index in [0.717, 1.165) is 24.0 Å². The fraction of sp³-hybridized carbons (Fsp3) is 0.733. The molecule has 1 N–H and O–H groups in total. The number of nitrogens with zero attached hydrogens (tertiary/aromatic N) is 1. The van der Waals surface area contributed by atoms with Crippen molar-refractivity contribution in [3.8, 4) is 0 Å². The van der Waals surface area contributed by atoms with Gasteiger partial charge in [-0.25, -0.2) is 0 Å². The molecule has 1 saturated heterocycles. The number of furan rings is 1. The lowest BCUT2D eigenvalue weighted by atomic mass is 9.94. The van der Waals surface area contributed by atoms with Crippen molar-refractivity contribution >= 4 is 0 Å². The minimum absolute atomic E-state index is 0.484. The van der Waals surface area contributed by atoms with Gasteiger partial charge in [-0.1, -0.05) is 0 Å². The molecule has 1 aromatic rings. The van der Waals surface area contributed by atoms with Crippen molar-refractivity contribution in [2.45, 2.75) is 39.7 Å². The first-order valence-electron chi connectivity index (χ1n) is 7.07. The number of nitrogens with one attached hydrogen (secondary N) is 1. The zero-order valence-electron chi connectivity index (χ0n) is 12.1. The van der Waals surface area contributed by atoms with E-state index < -0.39 is 0 Å². The molecule has 102 valence electrons.